The molecule has 2 atom stereocenters. The molecule has 0 fully saturated rings. The van der Waals surface area contributed by atoms with Crippen molar-refractivity contribution in [2.75, 3.05) is 34.9 Å². The first-order valence-electron chi connectivity index (χ1n) is 8.57. The molecule has 0 saturated heterocycles. The molecule has 0 bridgehead atoms. The van der Waals surface area contributed by atoms with Crippen LogP contribution in [0.25, 0.3) is 11.1 Å². The number of aliphatic hydroxyl groups excluding tert-OH is 1. The first-order chi connectivity index (χ1) is 12.5. The number of nitrogens with zero attached hydrogens (tertiary/aromatic N) is 1. The third-order valence-electron chi connectivity index (χ3n) is 5.51. The number of β-amino-alcohol motifs (C(OH)–C–C–N with tert-alkyl or cyclic N) is 1. The van der Waals surface area contributed by atoms with Crippen molar-refractivity contribution < 1.29 is 24.4 Å². The molecule has 138 valence electrons. The molecule has 0 spiro atoms. The second kappa shape index (κ2) is 6.07. The van der Waals surface area contributed by atoms with Crippen molar-refractivity contribution in [2.45, 2.75) is 18.6 Å². The smallest absolute Gasteiger partial charge is 0.168 e. The molecule has 0 aromatic heterocycles. The standard InChI is InChI=1S/C20H23NO5/c1-21-9-15(23)12-7-14(22)20(26-4)19-11-8-17(25-3)16(24-2)6-10(11)5-13(21)18(12)19/h6-8,13,15,22-23H,5,9H2,1-4H3. The number of aromatic hydroxyl groups is 1. The van der Waals surface area contributed by atoms with E-state index in [1.165, 1.54) is 0 Å². The van der Waals surface area contributed by atoms with Crippen LogP contribution in [0.4, 0.5) is 0 Å². The van der Waals surface area contributed by atoms with E-state index in [1.807, 2.05) is 19.2 Å². The minimum absolute atomic E-state index is 0.0336. The van der Waals surface area contributed by atoms with E-state index in [-0.39, 0.29) is 11.8 Å². The van der Waals surface area contributed by atoms with Gasteiger partial charge in [0.25, 0.3) is 0 Å². The minimum atomic E-state index is -0.650. The molecule has 6 heteroatoms. The molecule has 2 aromatic rings. The van der Waals surface area contributed by atoms with Gasteiger partial charge in [0.05, 0.1) is 27.4 Å². The van der Waals surface area contributed by atoms with Gasteiger partial charge in [0, 0.05) is 18.2 Å². The quantitative estimate of drug-likeness (QED) is 0.880. The van der Waals surface area contributed by atoms with Crippen molar-refractivity contribution in [3.05, 3.63) is 34.9 Å². The highest BCUT2D eigenvalue weighted by molar-refractivity contribution is 5.85. The van der Waals surface area contributed by atoms with Gasteiger partial charge >= 0.3 is 0 Å². The van der Waals surface area contributed by atoms with Crippen LogP contribution in [0.3, 0.4) is 0 Å². The van der Waals surface area contributed by atoms with E-state index in [1.54, 1.807) is 27.4 Å². The van der Waals surface area contributed by atoms with Gasteiger partial charge in [-0.15, -0.1) is 0 Å². The molecule has 4 rings (SSSR count). The lowest BCUT2D eigenvalue weighted by molar-refractivity contribution is 0.0828. The van der Waals surface area contributed by atoms with E-state index in [0.717, 1.165) is 34.2 Å². The van der Waals surface area contributed by atoms with E-state index in [0.29, 0.717) is 23.8 Å². The number of ether oxygens (including phenoxy) is 3. The summed E-state index contributed by atoms with van der Waals surface area (Å²) in [6, 6.07) is 5.64. The van der Waals surface area contributed by atoms with Crippen LogP contribution >= 0.6 is 0 Å². The number of hydrogen-bond acceptors (Lipinski definition) is 6. The number of aliphatic hydroxyl groups is 1. The summed E-state index contributed by atoms with van der Waals surface area (Å²) < 4.78 is 16.5. The van der Waals surface area contributed by atoms with Crippen molar-refractivity contribution in [1.82, 2.24) is 4.90 Å². The summed E-state index contributed by atoms with van der Waals surface area (Å²) in [7, 11) is 6.77. The summed E-state index contributed by atoms with van der Waals surface area (Å²) in [5, 5.41) is 21.1. The first kappa shape index (κ1) is 17.0. The average Bonchev–Trinajstić information content (AvgIpc) is 2.64. The van der Waals surface area contributed by atoms with Crippen LogP contribution in [0.5, 0.6) is 23.0 Å². The molecule has 26 heavy (non-hydrogen) atoms. The fourth-order valence-corrected chi connectivity index (χ4v) is 4.30. The Hall–Kier alpha value is -2.44. The highest BCUT2D eigenvalue weighted by atomic mass is 16.5. The molecule has 2 aliphatic rings. The number of benzene rings is 2. The molecule has 0 radical (unpaired) electrons. The summed E-state index contributed by atoms with van der Waals surface area (Å²) in [6.07, 6.45) is 0.135. The molecule has 6 nitrogen and oxygen atoms in total. The predicted octanol–water partition coefficient (Wildman–Crippen LogP) is 2.66. The first-order valence-corrected chi connectivity index (χ1v) is 8.57. The molecule has 0 amide bonds. The van der Waals surface area contributed by atoms with E-state index >= 15 is 0 Å². The van der Waals surface area contributed by atoms with Gasteiger partial charge in [0.1, 0.15) is 0 Å². The summed E-state index contributed by atoms with van der Waals surface area (Å²) in [4.78, 5) is 2.15. The van der Waals surface area contributed by atoms with Crippen LogP contribution in [0.15, 0.2) is 18.2 Å². The summed E-state index contributed by atoms with van der Waals surface area (Å²) in [6.45, 7) is 0.519. The lowest BCUT2D eigenvalue weighted by Gasteiger charge is -2.42. The zero-order valence-electron chi connectivity index (χ0n) is 15.4. The number of phenolic OH excluding ortho intramolecular Hbond substituents is 1. The van der Waals surface area contributed by atoms with Gasteiger partial charge in [0.2, 0.25) is 0 Å². The third kappa shape index (κ3) is 2.26. The van der Waals surface area contributed by atoms with Crippen LogP contribution in [0.1, 0.15) is 28.8 Å². The Labute approximate surface area is 152 Å². The second-order valence-corrected chi connectivity index (χ2v) is 6.85. The molecular weight excluding hydrogens is 334 g/mol. The number of phenols is 1. The van der Waals surface area contributed by atoms with Gasteiger partial charge in [0.15, 0.2) is 23.0 Å². The van der Waals surface area contributed by atoms with Gasteiger partial charge < -0.3 is 24.4 Å². The average molecular weight is 357 g/mol. The molecule has 1 aliphatic heterocycles. The van der Waals surface area contributed by atoms with E-state index in [4.69, 9.17) is 14.2 Å². The van der Waals surface area contributed by atoms with Gasteiger partial charge in [-0.05, 0) is 53.9 Å². The summed E-state index contributed by atoms with van der Waals surface area (Å²) in [5.41, 5.74) is 4.63. The molecule has 2 N–H and O–H groups in total. The second-order valence-electron chi connectivity index (χ2n) is 6.85. The Morgan fingerprint density at radius 1 is 1.04 bits per heavy atom. The van der Waals surface area contributed by atoms with Gasteiger partial charge in [-0.3, -0.25) is 4.90 Å². The van der Waals surface area contributed by atoms with Crippen LogP contribution in [-0.4, -0.2) is 50.0 Å². The number of rotatable bonds is 3. The molecule has 2 aromatic carbocycles. The maximum atomic E-state index is 10.6. The van der Waals surface area contributed by atoms with Crippen molar-refractivity contribution in [3.63, 3.8) is 0 Å². The lowest BCUT2D eigenvalue weighted by atomic mass is 9.76. The Kier molecular flexibility index (Phi) is 3.97. The largest absolute Gasteiger partial charge is 0.504 e. The Balaban J connectivity index is 2.08. The Bertz CT molecular complexity index is 879. The van der Waals surface area contributed by atoms with Crippen molar-refractivity contribution >= 4 is 0 Å². The molecule has 1 aliphatic carbocycles. The summed E-state index contributed by atoms with van der Waals surface area (Å²) in [5.74, 6) is 1.75. The molecule has 0 saturated carbocycles. The van der Waals surface area contributed by atoms with Crippen LogP contribution in [0, 0.1) is 0 Å². The zero-order chi connectivity index (χ0) is 18.6. The number of hydrogen-bond donors (Lipinski definition) is 2. The third-order valence-corrected chi connectivity index (χ3v) is 5.51. The fourth-order valence-electron chi connectivity index (χ4n) is 4.30. The lowest BCUT2D eigenvalue weighted by Crippen LogP contribution is -2.38. The predicted molar refractivity (Wildman–Crippen MR) is 97.2 cm³/mol. The highest BCUT2D eigenvalue weighted by Gasteiger charge is 2.39. The number of fused-ring (bicyclic) bond motifs is 2. The van der Waals surface area contributed by atoms with Crippen molar-refractivity contribution in [3.8, 4) is 34.1 Å². The topological polar surface area (TPSA) is 71.4 Å². The van der Waals surface area contributed by atoms with Gasteiger partial charge in [-0.25, -0.2) is 0 Å². The van der Waals surface area contributed by atoms with Gasteiger partial charge in [-0.2, -0.15) is 0 Å². The maximum Gasteiger partial charge on any atom is 0.168 e. The number of likely N-dealkylation sites (N-methyl/N-ethyl adjacent to an activating group) is 1. The minimum Gasteiger partial charge on any atom is -0.504 e. The monoisotopic (exact) mass is 357 g/mol. The Morgan fingerprint density at radius 3 is 2.38 bits per heavy atom. The maximum absolute atomic E-state index is 10.6. The SMILES string of the molecule is COc1cc2c(cc1OC)-c1c(OC)c(O)cc3c1C(C2)N(C)CC3O. The molecule has 2 unspecified atom stereocenters. The zero-order valence-corrected chi connectivity index (χ0v) is 15.4. The Morgan fingerprint density at radius 2 is 1.73 bits per heavy atom. The molecular formula is C20H23NO5. The van der Waals surface area contributed by atoms with E-state index in [2.05, 4.69) is 4.90 Å². The van der Waals surface area contributed by atoms with Crippen LogP contribution < -0.4 is 14.2 Å². The van der Waals surface area contributed by atoms with Crippen LogP contribution in [0.2, 0.25) is 0 Å². The fraction of sp³-hybridized carbons (Fsp3) is 0.400. The normalized spacial score (nSPS) is 21.0. The molecule has 1 heterocycles. The van der Waals surface area contributed by atoms with Gasteiger partial charge in [-0.1, -0.05) is 0 Å². The highest BCUT2D eigenvalue weighted by Crippen LogP contribution is 2.54. The van der Waals surface area contributed by atoms with Crippen molar-refractivity contribution in [2.24, 2.45) is 0 Å². The van der Waals surface area contributed by atoms with E-state index < -0.39 is 6.10 Å². The summed E-state index contributed by atoms with van der Waals surface area (Å²) >= 11 is 0. The van der Waals surface area contributed by atoms with Crippen LogP contribution in [-0.2, 0) is 6.42 Å². The van der Waals surface area contributed by atoms with E-state index in [9.17, 15) is 10.2 Å². The number of methoxy groups -OCH3 is 3. The van der Waals surface area contributed by atoms with Crippen molar-refractivity contribution in [1.29, 1.82) is 0 Å².